The lowest BCUT2D eigenvalue weighted by Crippen LogP contribution is -2.34. The van der Waals surface area contributed by atoms with Crippen LogP contribution in [0.25, 0.3) is 11.0 Å². The SMILES string of the molecule is CCC(C)NC(=O)Cn1c(CO)nc2cc(C)ccc21. The quantitative estimate of drug-likeness (QED) is 0.873. The van der Waals surface area contributed by atoms with Crippen molar-refractivity contribution in [1.82, 2.24) is 14.9 Å². The Morgan fingerprint density at radius 3 is 2.90 bits per heavy atom. The Hall–Kier alpha value is -1.88. The van der Waals surface area contributed by atoms with E-state index in [-0.39, 0.29) is 25.1 Å². The van der Waals surface area contributed by atoms with Crippen molar-refractivity contribution >= 4 is 16.9 Å². The second-order valence-electron chi connectivity index (χ2n) is 5.14. The molecule has 0 spiro atoms. The predicted octanol–water partition coefficient (Wildman–Crippen LogP) is 1.75. The summed E-state index contributed by atoms with van der Waals surface area (Å²) in [6, 6.07) is 6.02. The van der Waals surface area contributed by atoms with Crippen molar-refractivity contribution in [3.05, 3.63) is 29.6 Å². The summed E-state index contributed by atoms with van der Waals surface area (Å²) in [7, 11) is 0. The van der Waals surface area contributed by atoms with Crippen molar-refractivity contribution in [1.29, 1.82) is 0 Å². The summed E-state index contributed by atoms with van der Waals surface area (Å²) in [6.07, 6.45) is 0.891. The Kier molecular flexibility index (Phi) is 4.39. The highest BCUT2D eigenvalue weighted by Gasteiger charge is 2.14. The highest BCUT2D eigenvalue weighted by atomic mass is 16.3. The summed E-state index contributed by atoms with van der Waals surface area (Å²) in [5, 5.41) is 12.3. The van der Waals surface area contributed by atoms with Gasteiger partial charge in [-0.25, -0.2) is 4.98 Å². The molecule has 0 aliphatic carbocycles. The summed E-state index contributed by atoms with van der Waals surface area (Å²) >= 11 is 0. The van der Waals surface area contributed by atoms with Crippen LogP contribution < -0.4 is 5.32 Å². The van der Waals surface area contributed by atoms with Crippen LogP contribution in [0.1, 0.15) is 31.7 Å². The molecular weight excluding hydrogens is 254 g/mol. The monoisotopic (exact) mass is 275 g/mol. The lowest BCUT2D eigenvalue weighted by molar-refractivity contribution is -0.122. The number of aromatic nitrogens is 2. The fraction of sp³-hybridized carbons (Fsp3) is 0.467. The van der Waals surface area contributed by atoms with Crippen molar-refractivity contribution in [3.63, 3.8) is 0 Å². The summed E-state index contributed by atoms with van der Waals surface area (Å²) in [5.74, 6) is 0.457. The van der Waals surface area contributed by atoms with Gasteiger partial charge in [-0.05, 0) is 38.0 Å². The highest BCUT2D eigenvalue weighted by Crippen LogP contribution is 2.18. The summed E-state index contributed by atoms with van der Waals surface area (Å²) < 4.78 is 1.77. The maximum absolute atomic E-state index is 12.0. The lowest BCUT2D eigenvalue weighted by atomic mass is 10.2. The minimum absolute atomic E-state index is 0.0612. The van der Waals surface area contributed by atoms with Gasteiger partial charge in [-0.2, -0.15) is 0 Å². The average molecular weight is 275 g/mol. The maximum Gasteiger partial charge on any atom is 0.240 e. The molecule has 0 aliphatic heterocycles. The first-order valence-corrected chi connectivity index (χ1v) is 6.91. The fourth-order valence-electron chi connectivity index (χ4n) is 2.15. The summed E-state index contributed by atoms with van der Waals surface area (Å²) in [4.78, 5) is 16.4. The van der Waals surface area contributed by atoms with Crippen LogP contribution in [0.2, 0.25) is 0 Å². The van der Waals surface area contributed by atoms with Gasteiger partial charge in [-0.15, -0.1) is 0 Å². The number of carbonyl (C=O) groups excluding carboxylic acids is 1. The van der Waals surface area contributed by atoms with E-state index in [0.29, 0.717) is 5.82 Å². The van der Waals surface area contributed by atoms with Gasteiger partial charge < -0.3 is 15.0 Å². The van der Waals surface area contributed by atoms with E-state index in [1.807, 2.05) is 39.0 Å². The number of amides is 1. The van der Waals surface area contributed by atoms with Gasteiger partial charge in [0.15, 0.2) is 0 Å². The minimum Gasteiger partial charge on any atom is -0.388 e. The molecule has 1 aromatic carbocycles. The lowest BCUT2D eigenvalue weighted by Gasteiger charge is -2.13. The molecule has 5 heteroatoms. The topological polar surface area (TPSA) is 67.2 Å². The summed E-state index contributed by atoms with van der Waals surface area (Å²) in [6.45, 7) is 6.00. The summed E-state index contributed by atoms with van der Waals surface area (Å²) in [5.41, 5.74) is 2.79. The number of nitrogens with zero attached hydrogens (tertiary/aromatic N) is 2. The van der Waals surface area contributed by atoms with Crippen LogP contribution in [-0.4, -0.2) is 26.6 Å². The van der Waals surface area contributed by atoms with Crippen molar-refractivity contribution in [2.75, 3.05) is 0 Å². The third-order valence-electron chi connectivity index (χ3n) is 3.45. The highest BCUT2D eigenvalue weighted by molar-refractivity contribution is 5.81. The fourth-order valence-corrected chi connectivity index (χ4v) is 2.15. The number of aliphatic hydroxyl groups excluding tert-OH is 1. The Balaban J connectivity index is 2.30. The molecule has 0 saturated carbocycles. The number of rotatable bonds is 5. The van der Waals surface area contributed by atoms with E-state index >= 15 is 0 Å². The second kappa shape index (κ2) is 6.05. The number of imidazole rings is 1. The van der Waals surface area contributed by atoms with Crippen LogP contribution in [0.4, 0.5) is 0 Å². The Morgan fingerprint density at radius 1 is 1.50 bits per heavy atom. The molecule has 1 amide bonds. The number of hydrogen-bond donors (Lipinski definition) is 2. The zero-order valence-electron chi connectivity index (χ0n) is 12.2. The molecule has 0 saturated heterocycles. The van der Waals surface area contributed by atoms with Crippen LogP contribution >= 0.6 is 0 Å². The van der Waals surface area contributed by atoms with E-state index in [2.05, 4.69) is 10.3 Å². The molecule has 1 heterocycles. The molecule has 1 unspecified atom stereocenters. The van der Waals surface area contributed by atoms with Gasteiger partial charge >= 0.3 is 0 Å². The molecule has 108 valence electrons. The second-order valence-corrected chi connectivity index (χ2v) is 5.14. The molecule has 0 radical (unpaired) electrons. The smallest absolute Gasteiger partial charge is 0.240 e. The van der Waals surface area contributed by atoms with Crippen LogP contribution in [-0.2, 0) is 17.9 Å². The van der Waals surface area contributed by atoms with Crippen LogP contribution in [0.15, 0.2) is 18.2 Å². The molecule has 0 aliphatic rings. The van der Waals surface area contributed by atoms with E-state index in [4.69, 9.17) is 0 Å². The number of nitrogens with one attached hydrogen (secondary N) is 1. The van der Waals surface area contributed by atoms with Gasteiger partial charge in [0.1, 0.15) is 19.0 Å². The molecule has 0 fully saturated rings. The Bertz CT molecular complexity index is 619. The Labute approximate surface area is 118 Å². The standard InChI is InChI=1S/C15H21N3O2/c1-4-11(3)16-15(20)8-18-13-6-5-10(2)7-12(13)17-14(18)9-19/h5-7,11,19H,4,8-9H2,1-3H3,(H,16,20). The predicted molar refractivity (Wildman–Crippen MR) is 78.3 cm³/mol. The van der Waals surface area contributed by atoms with Gasteiger partial charge in [-0.3, -0.25) is 4.79 Å². The third-order valence-corrected chi connectivity index (χ3v) is 3.45. The van der Waals surface area contributed by atoms with Crippen LogP contribution in [0.3, 0.4) is 0 Å². The van der Waals surface area contributed by atoms with Gasteiger partial charge in [0.05, 0.1) is 11.0 Å². The van der Waals surface area contributed by atoms with E-state index in [1.54, 1.807) is 4.57 Å². The largest absolute Gasteiger partial charge is 0.388 e. The van der Waals surface area contributed by atoms with Gasteiger partial charge in [0.2, 0.25) is 5.91 Å². The third kappa shape index (κ3) is 2.99. The van der Waals surface area contributed by atoms with Gasteiger partial charge in [0, 0.05) is 6.04 Å². The molecule has 0 bridgehead atoms. The van der Waals surface area contributed by atoms with Gasteiger partial charge in [-0.1, -0.05) is 13.0 Å². The number of hydrogen-bond acceptors (Lipinski definition) is 3. The molecule has 1 atom stereocenters. The number of fused-ring (bicyclic) bond motifs is 1. The van der Waals surface area contributed by atoms with Gasteiger partial charge in [0.25, 0.3) is 0 Å². The van der Waals surface area contributed by atoms with E-state index in [1.165, 1.54) is 0 Å². The number of aryl methyl sites for hydroxylation is 1. The molecule has 2 aromatic rings. The van der Waals surface area contributed by atoms with Crippen molar-refractivity contribution in [2.45, 2.75) is 46.4 Å². The number of carbonyl (C=O) groups is 1. The van der Waals surface area contributed by atoms with Crippen molar-refractivity contribution in [2.24, 2.45) is 0 Å². The van der Waals surface area contributed by atoms with E-state index in [9.17, 15) is 9.90 Å². The first kappa shape index (κ1) is 14.5. The molecular formula is C15H21N3O2. The first-order valence-electron chi connectivity index (χ1n) is 6.91. The molecule has 2 rings (SSSR count). The van der Waals surface area contributed by atoms with E-state index in [0.717, 1.165) is 23.0 Å². The van der Waals surface area contributed by atoms with Crippen molar-refractivity contribution < 1.29 is 9.90 Å². The number of aliphatic hydroxyl groups is 1. The molecule has 5 nitrogen and oxygen atoms in total. The number of benzene rings is 1. The normalized spacial score (nSPS) is 12.6. The average Bonchev–Trinajstić information content (AvgIpc) is 2.75. The zero-order valence-corrected chi connectivity index (χ0v) is 12.2. The Morgan fingerprint density at radius 2 is 2.25 bits per heavy atom. The molecule has 1 aromatic heterocycles. The molecule has 2 N–H and O–H groups in total. The minimum atomic E-state index is -0.176. The van der Waals surface area contributed by atoms with E-state index < -0.39 is 0 Å². The zero-order chi connectivity index (χ0) is 14.7. The van der Waals surface area contributed by atoms with Crippen LogP contribution in [0.5, 0.6) is 0 Å². The van der Waals surface area contributed by atoms with Crippen molar-refractivity contribution in [3.8, 4) is 0 Å². The first-order chi connectivity index (χ1) is 9.55. The maximum atomic E-state index is 12.0. The molecule has 20 heavy (non-hydrogen) atoms. The van der Waals surface area contributed by atoms with Crippen LogP contribution in [0, 0.1) is 6.92 Å².